The van der Waals surface area contributed by atoms with Crippen LogP contribution >= 0.6 is 0 Å². The summed E-state index contributed by atoms with van der Waals surface area (Å²) in [6.07, 6.45) is 1.04. The first-order valence-corrected chi connectivity index (χ1v) is 5.31. The van der Waals surface area contributed by atoms with Gasteiger partial charge in [-0.2, -0.15) is 0 Å². The number of nitrogens with zero attached hydrogens (tertiary/aromatic N) is 1. The fourth-order valence-corrected chi connectivity index (χ4v) is 1.03. The highest BCUT2D eigenvalue weighted by Gasteiger charge is 1.96. The molecule has 1 amide bonds. The summed E-state index contributed by atoms with van der Waals surface area (Å²) in [5.41, 5.74) is 1.32. The maximum absolute atomic E-state index is 10.5. The molecule has 0 aliphatic heterocycles. The summed E-state index contributed by atoms with van der Waals surface area (Å²) in [6.45, 7) is 6.59. The molecule has 0 saturated carbocycles. The van der Waals surface area contributed by atoms with Crippen LogP contribution in [-0.4, -0.2) is 24.4 Å². The van der Waals surface area contributed by atoms with E-state index >= 15 is 0 Å². The van der Waals surface area contributed by atoms with Crippen LogP contribution in [0.3, 0.4) is 0 Å². The van der Waals surface area contributed by atoms with Crippen molar-refractivity contribution < 1.29 is 4.79 Å². The van der Waals surface area contributed by atoms with E-state index in [2.05, 4.69) is 26.0 Å². The first kappa shape index (κ1) is 13.7. The van der Waals surface area contributed by atoms with Gasteiger partial charge >= 0.3 is 0 Å². The summed E-state index contributed by atoms with van der Waals surface area (Å²) >= 11 is 0. The minimum atomic E-state index is 0.145. The number of carbonyl (C=O) groups excluding carboxylic acids is 1. The van der Waals surface area contributed by atoms with Crippen LogP contribution in [0.4, 0.5) is 0 Å². The molecule has 0 aliphatic carbocycles. The number of amides is 1. The van der Waals surface area contributed by atoms with E-state index in [9.17, 15) is 4.79 Å². The zero-order valence-corrected chi connectivity index (χ0v) is 10.2. The summed E-state index contributed by atoms with van der Waals surface area (Å²) in [4.78, 5) is 12.2. The van der Waals surface area contributed by atoms with E-state index in [1.165, 1.54) is 5.56 Å². The van der Waals surface area contributed by atoms with Gasteiger partial charge in [0.1, 0.15) is 0 Å². The number of rotatable bonds is 2. The van der Waals surface area contributed by atoms with Gasteiger partial charge in [0.2, 0.25) is 5.91 Å². The maximum atomic E-state index is 10.5. The molecule has 1 rings (SSSR count). The Balaban J connectivity index is 0.000000262. The third kappa shape index (κ3) is 7.74. The molecule has 0 N–H and O–H groups in total. The minimum Gasteiger partial charge on any atom is -0.346 e. The highest BCUT2D eigenvalue weighted by atomic mass is 16.2. The molecule has 84 valence electrons. The SMILES string of the molecule is CCCN(C)C(C)=O.Cc1ccccc1. The van der Waals surface area contributed by atoms with Gasteiger partial charge in [0.15, 0.2) is 0 Å². The fourth-order valence-electron chi connectivity index (χ4n) is 1.03. The van der Waals surface area contributed by atoms with Gasteiger partial charge < -0.3 is 4.90 Å². The third-order valence-corrected chi connectivity index (χ3v) is 2.04. The Morgan fingerprint density at radius 2 is 1.80 bits per heavy atom. The van der Waals surface area contributed by atoms with Crippen molar-refractivity contribution in [3.8, 4) is 0 Å². The Bertz CT molecular complexity index is 269. The summed E-state index contributed by atoms with van der Waals surface area (Å²) in [5.74, 6) is 0.145. The first-order chi connectivity index (χ1) is 7.07. The van der Waals surface area contributed by atoms with Crippen molar-refractivity contribution in [1.29, 1.82) is 0 Å². The molecule has 0 fully saturated rings. The third-order valence-electron chi connectivity index (χ3n) is 2.04. The van der Waals surface area contributed by atoms with E-state index in [0.29, 0.717) is 0 Å². The van der Waals surface area contributed by atoms with Crippen LogP contribution in [0.1, 0.15) is 25.8 Å². The lowest BCUT2D eigenvalue weighted by Crippen LogP contribution is -2.24. The Labute approximate surface area is 92.9 Å². The van der Waals surface area contributed by atoms with Gasteiger partial charge in [-0.25, -0.2) is 0 Å². The highest BCUT2D eigenvalue weighted by molar-refractivity contribution is 5.72. The largest absolute Gasteiger partial charge is 0.346 e. The number of aryl methyl sites for hydroxylation is 1. The standard InChI is InChI=1S/C7H8.C6H13NO/c1-7-5-3-2-4-6-7;1-4-5-7(3)6(2)8/h2-6H,1H3;4-5H2,1-3H3. The van der Waals surface area contributed by atoms with E-state index < -0.39 is 0 Å². The summed E-state index contributed by atoms with van der Waals surface area (Å²) in [7, 11) is 1.81. The van der Waals surface area contributed by atoms with Crippen LogP contribution in [0, 0.1) is 6.92 Å². The number of hydrogen-bond acceptors (Lipinski definition) is 1. The van der Waals surface area contributed by atoms with E-state index in [1.54, 1.807) is 11.8 Å². The van der Waals surface area contributed by atoms with Crippen molar-refractivity contribution >= 4 is 5.91 Å². The molecule has 2 heteroatoms. The zero-order valence-electron chi connectivity index (χ0n) is 10.2. The summed E-state index contributed by atoms with van der Waals surface area (Å²) in [5, 5.41) is 0. The lowest BCUT2D eigenvalue weighted by atomic mass is 10.2. The van der Waals surface area contributed by atoms with E-state index in [0.717, 1.165) is 13.0 Å². The first-order valence-electron chi connectivity index (χ1n) is 5.31. The molecular formula is C13H21NO. The molecule has 1 aromatic carbocycles. The van der Waals surface area contributed by atoms with Crippen molar-refractivity contribution in [3.05, 3.63) is 35.9 Å². The molecule has 0 heterocycles. The fraction of sp³-hybridized carbons (Fsp3) is 0.462. The topological polar surface area (TPSA) is 20.3 Å². The summed E-state index contributed by atoms with van der Waals surface area (Å²) in [6, 6.07) is 10.3. The monoisotopic (exact) mass is 207 g/mol. The van der Waals surface area contributed by atoms with Crippen LogP contribution in [0.25, 0.3) is 0 Å². The number of benzene rings is 1. The van der Waals surface area contributed by atoms with Crippen LogP contribution in [0.2, 0.25) is 0 Å². The normalized spacial score (nSPS) is 8.80. The maximum Gasteiger partial charge on any atom is 0.219 e. The molecular weight excluding hydrogens is 186 g/mol. The van der Waals surface area contributed by atoms with Crippen molar-refractivity contribution in [2.24, 2.45) is 0 Å². The second kappa shape index (κ2) is 8.04. The molecule has 0 unspecified atom stereocenters. The Hall–Kier alpha value is -1.31. The molecule has 1 aromatic rings. The lowest BCUT2D eigenvalue weighted by molar-refractivity contribution is -0.127. The van der Waals surface area contributed by atoms with Crippen LogP contribution in [0.5, 0.6) is 0 Å². The van der Waals surface area contributed by atoms with Crippen LogP contribution < -0.4 is 0 Å². The van der Waals surface area contributed by atoms with Gasteiger partial charge in [-0.05, 0) is 13.3 Å². The molecule has 0 spiro atoms. The van der Waals surface area contributed by atoms with Gasteiger partial charge in [-0.1, -0.05) is 42.8 Å². The van der Waals surface area contributed by atoms with Gasteiger partial charge in [-0.15, -0.1) is 0 Å². The molecule has 0 saturated heterocycles. The summed E-state index contributed by atoms with van der Waals surface area (Å²) < 4.78 is 0. The molecule has 0 bridgehead atoms. The van der Waals surface area contributed by atoms with Crippen molar-refractivity contribution in [1.82, 2.24) is 4.90 Å². The smallest absolute Gasteiger partial charge is 0.219 e. The second-order valence-corrected chi connectivity index (χ2v) is 3.60. The number of carbonyl (C=O) groups is 1. The van der Waals surface area contributed by atoms with Crippen LogP contribution in [-0.2, 0) is 4.79 Å². The number of hydrogen-bond donors (Lipinski definition) is 0. The second-order valence-electron chi connectivity index (χ2n) is 3.60. The lowest BCUT2D eigenvalue weighted by Gasteiger charge is -2.11. The van der Waals surface area contributed by atoms with Crippen molar-refractivity contribution in [3.63, 3.8) is 0 Å². The molecule has 15 heavy (non-hydrogen) atoms. The predicted molar refractivity (Wildman–Crippen MR) is 64.8 cm³/mol. The Morgan fingerprint density at radius 3 is 2.00 bits per heavy atom. The quantitative estimate of drug-likeness (QED) is 0.730. The van der Waals surface area contributed by atoms with Crippen molar-refractivity contribution in [2.75, 3.05) is 13.6 Å². The molecule has 0 aromatic heterocycles. The minimum absolute atomic E-state index is 0.145. The predicted octanol–water partition coefficient (Wildman–Crippen LogP) is 2.87. The average molecular weight is 207 g/mol. The van der Waals surface area contributed by atoms with Gasteiger partial charge in [0.25, 0.3) is 0 Å². The molecule has 2 nitrogen and oxygen atoms in total. The van der Waals surface area contributed by atoms with Gasteiger partial charge in [-0.3, -0.25) is 4.79 Å². The Kier molecular flexibility index (Phi) is 7.33. The van der Waals surface area contributed by atoms with E-state index in [-0.39, 0.29) is 5.91 Å². The zero-order chi connectivity index (χ0) is 11.7. The van der Waals surface area contributed by atoms with E-state index in [1.807, 2.05) is 25.2 Å². The van der Waals surface area contributed by atoms with E-state index in [4.69, 9.17) is 0 Å². The molecule has 0 radical (unpaired) electrons. The van der Waals surface area contributed by atoms with Gasteiger partial charge in [0.05, 0.1) is 0 Å². The average Bonchev–Trinajstić information content (AvgIpc) is 2.20. The van der Waals surface area contributed by atoms with Gasteiger partial charge in [0, 0.05) is 20.5 Å². The molecule has 0 aliphatic rings. The Morgan fingerprint density at radius 1 is 1.27 bits per heavy atom. The van der Waals surface area contributed by atoms with Crippen molar-refractivity contribution in [2.45, 2.75) is 27.2 Å². The highest BCUT2D eigenvalue weighted by Crippen LogP contribution is 1.92. The van der Waals surface area contributed by atoms with Crippen LogP contribution in [0.15, 0.2) is 30.3 Å². The molecule has 0 atom stereocenters.